The lowest BCUT2D eigenvalue weighted by atomic mass is 9.97. The Morgan fingerprint density at radius 3 is 2.44 bits per heavy atom. The molecule has 1 aliphatic heterocycles. The summed E-state index contributed by atoms with van der Waals surface area (Å²) in [5.74, 6) is 0.0332. The second-order valence-electron chi connectivity index (χ2n) is 5.03. The summed E-state index contributed by atoms with van der Waals surface area (Å²) in [6.07, 6.45) is 0.935. The van der Waals surface area contributed by atoms with E-state index in [2.05, 4.69) is 35.0 Å². The number of nitrogens with zero attached hydrogens (tertiary/aromatic N) is 3. The summed E-state index contributed by atoms with van der Waals surface area (Å²) in [5, 5.41) is 9.27. The van der Waals surface area contributed by atoms with E-state index in [9.17, 15) is 5.26 Å². The van der Waals surface area contributed by atoms with Gasteiger partial charge in [0, 0.05) is 26.2 Å². The molecule has 96 valence electrons. The fourth-order valence-electron chi connectivity index (χ4n) is 2.37. The predicted octanol–water partition coefficient (Wildman–Crippen LogP) is 1.93. The van der Waals surface area contributed by atoms with Crippen LogP contribution in [0.15, 0.2) is 30.3 Å². The van der Waals surface area contributed by atoms with E-state index in [0.717, 1.165) is 44.7 Å². The maximum atomic E-state index is 9.27. The van der Waals surface area contributed by atoms with E-state index in [1.54, 1.807) is 0 Å². The molecular weight excluding hydrogens is 222 g/mol. The summed E-state index contributed by atoms with van der Waals surface area (Å²) < 4.78 is 0. The van der Waals surface area contributed by atoms with Crippen LogP contribution in [-0.4, -0.2) is 49.6 Å². The molecule has 0 N–H and O–H groups in total. The molecule has 1 heterocycles. The summed E-state index contributed by atoms with van der Waals surface area (Å²) >= 11 is 0. The Morgan fingerprint density at radius 2 is 1.83 bits per heavy atom. The van der Waals surface area contributed by atoms with Gasteiger partial charge in [0.2, 0.25) is 0 Å². The Hall–Kier alpha value is -1.37. The molecule has 0 aromatic heterocycles. The molecule has 0 spiro atoms. The summed E-state index contributed by atoms with van der Waals surface area (Å²) in [4.78, 5) is 4.82. The molecule has 2 rings (SSSR count). The van der Waals surface area contributed by atoms with Gasteiger partial charge in [0.05, 0.1) is 12.0 Å². The minimum atomic E-state index is 0.0332. The first-order valence-electron chi connectivity index (χ1n) is 6.65. The molecule has 1 saturated heterocycles. The van der Waals surface area contributed by atoms with Crippen molar-refractivity contribution in [1.82, 2.24) is 9.80 Å². The molecule has 0 radical (unpaired) electrons. The van der Waals surface area contributed by atoms with Gasteiger partial charge in [-0.25, -0.2) is 0 Å². The second-order valence-corrected chi connectivity index (χ2v) is 5.03. The van der Waals surface area contributed by atoms with E-state index in [4.69, 9.17) is 0 Å². The highest BCUT2D eigenvalue weighted by atomic mass is 15.2. The summed E-state index contributed by atoms with van der Waals surface area (Å²) in [7, 11) is 2.17. The van der Waals surface area contributed by atoms with Gasteiger partial charge in [-0.05, 0) is 25.6 Å². The van der Waals surface area contributed by atoms with Gasteiger partial charge >= 0.3 is 0 Å². The topological polar surface area (TPSA) is 30.3 Å². The molecule has 1 aromatic carbocycles. The molecule has 3 heteroatoms. The molecular formula is C15H21N3. The quantitative estimate of drug-likeness (QED) is 0.809. The fraction of sp³-hybridized carbons (Fsp3) is 0.533. The highest BCUT2D eigenvalue weighted by Crippen LogP contribution is 2.19. The van der Waals surface area contributed by atoms with Gasteiger partial charge < -0.3 is 9.80 Å². The van der Waals surface area contributed by atoms with Crippen LogP contribution in [0.3, 0.4) is 0 Å². The third-order valence-electron chi connectivity index (χ3n) is 3.69. The minimum Gasteiger partial charge on any atom is -0.304 e. The van der Waals surface area contributed by atoms with Crippen LogP contribution >= 0.6 is 0 Å². The third-order valence-corrected chi connectivity index (χ3v) is 3.69. The van der Waals surface area contributed by atoms with Gasteiger partial charge in [-0.2, -0.15) is 5.26 Å². The van der Waals surface area contributed by atoms with Crippen LogP contribution in [0.4, 0.5) is 0 Å². The Balaban J connectivity index is 1.83. The van der Waals surface area contributed by atoms with Crippen molar-refractivity contribution in [3.63, 3.8) is 0 Å². The predicted molar refractivity (Wildman–Crippen MR) is 73.4 cm³/mol. The number of hydrogen-bond donors (Lipinski definition) is 0. The van der Waals surface area contributed by atoms with E-state index in [1.807, 2.05) is 18.2 Å². The summed E-state index contributed by atoms with van der Waals surface area (Å²) in [6.45, 7) is 5.57. The Kier molecular flexibility index (Phi) is 4.74. The molecule has 1 aliphatic rings. The van der Waals surface area contributed by atoms with Crippen molar-refractivity contribution in [1.29, 1.82) is 5.26 Å². The summed E-state index contributed by atoms with van der Waals surface area (Å²) in [5.41, 5.74) is 1.15. The number of hydrogen-bond acceptors (Lipinski definition) is 3. The first-order chi connectivity index (χ1) is 8.79. The lowest BCUT2D eigenvalue weighted by molar-refractivity contribution is 0.152. The van der Waals surface area contributed by atoms with Crippen molar-refractivity contribution in [2.24, 2.45) is 0 Å². The van der Waals surface area contributed by atoms with Crippen LogP contribution in [0.1, 0.15) is 17.9 Å². The van der Waals surface area contributed by atoms with Crippen LogP contribution < -0.4 is 0 Å². The van der Waals surface area contributed by atoms with Gasteiger partial charge in [0.1, 0.15) is 0 Å². The molecule has 1 unspecified atom stereocenters. The van der Waals surface area contributed by atoms with Crippen LogP contribution in [0, 0.1) is 11.3 Å². The van der Waals surface area contributed by atoms with Crippen molar-refractivity contribution in [2.75, 3.05) is 39.8 Å². The standard InChI is InChI=1S/C15H21N3/c1-17-9-11-18(12-10-17)8-7-15(13-16)14-5-3-2-4-6-14/h2-6,15H,7-12H2,1H3. The molecule has 0 aliphatic carbocycles. The zero-order valence-corrected chi connectivity index (χ0v) is 11.0. The van der Waals surface area contributed by atoms with Crippen molar-refractivity contribution >= 4 is 0 Å². The molecule has 0 bridgehead atoms. The number of nitriles is 1. The molecule has 3 nitrogen and oxygen atoms in total. The highest BCUT2D eigenvalue weighted by Gasteiger charge is 2.16. The van der Waals surface area contributed by atoms with E-state index < -0.39 is 0 Å². The summed E-state index contributed by atoms with van der Waals surface area (Å²) in [6, 6.07) is 12.6. The lowest BCUT2D eigenvalue weighted by Gasteiger charge is -2.32. The molecule has 1 aromatic rings. The normalized spacial score (nSPS) is 19.3. The molecule has 18 heavy (non-hydrogen) atoms. The first-order valence-corrected chi connectivity index (χ1v) is 6.65. The van der Waals surface area contributed by atoms with Gasteiger partial charge in [0.25, 0.3) is 0 Å². The third kappa shape index (κ3) is 3.56. The van der Waals surface area contributed by atoms with Crippen molar-refractivity contribution in [3.8, 4) is 6.07 Å². The van der Waals surface area contributed by atoms with Gasteiger partial charge in [-0.3, -0.25) is 0 Å². The lowest BCUT2D eigenvalue weighted by Crippen LogP contribution is -2.44. The Bertz CT molecular complexity index is 388. The second kappa shape index (κ2) is 6.53. The van der Waals surface area contributed by atoms with E-state index in [-0.39, 0.29) is 5.92 Å². The fourth-order valence-corrected chi connectivity index (χ4v) is 2.37. The van der Waals surface area contributed by atoms with E-state index in [0.29, 0.717) is 0 Å². The zero-order chi connectivity index (χ0) is 12.8. The van der Waals surface area contributed by atoms with Crippen molar-refractivity contribution in [3.05, 3.63) is 35.9 Å². The van der Waals surface area contributed by atoms with Gasteiger partial charge in [-0.1, -0.05) is 30.3 Å². The van der Waals surface area contributed by atoms with Gasteiger partial charge in [-0.15, -0.1) is 0 Å². The van der Waals surface area contributed by atoms with Crippen molar-refractivity contribution in [2.45, 2.75) is 12.3 Å². The van der Waals surface area contributed by atoms with Crippen LogP contribution in [0.25, 0.3) is 0 Å². The Labute approximate surface area is 110 Å². The smallest absolute Gasteiger partial charge is 0.0724 e. The molecule has 0 amide bonds. The van der Waals surface area contributed by atoms with Crippen LogP contribution in [0.2, 0.25) is 0 Å². The SMILES string of the molecule is CN1CCN(CCC(C#N)c2ccccc2)CC1. The Morgan fingerprint density at radius 1 is 1.17 bits per heavy atom. The van der Waals surface area contributed by atoms with Crippen LogP contribution in [0.5, 0.6) is 0 Å². The zero-order valence-electron chi connectivity index (χ0n) is 11.0. The van der Waals surface area contributed by atoms with E-state index in [1.165, 1.54) is 0 Å². The number of piperazine rings is 1. The number of benzene rings is 1. The minimum absolute atomic E-state index is 0.0332. The average Bonchev–Trinajstić information content (AvgIpc) is 2.43. The maximum Gasteiger partial charge on any atom is 0.0724 e. The largest absolute Gasteiger partial charge is 0.304 e. The monoisotopic (exact) mass is 243 g/mol. The number of rotatable bonds is 4. The molecule has 1 fully saturated rings. The average molecular weight is 243 g/mol. The first kappa shape index (κ1) is 13.1. The molecule has 0 saturated carbocycles. The van der Waals surface area contributed by atoms with Crippen LogP contribution in [-0.2, 0) is 0 Å². The maximum absolute atomic E-state index is 9.27. The number of likely N-dealkylation sites (N-methyl/N-ethyl adjacent to an activating group) is 1. The van der Waals surface area contributed by atoms with E-state index >= 15 is 0 Å². The van der Waals surface area contributed by atoms with Crippen molar-refractivity contribution < 1.29 is 0 Å². The molecule has 1 atom stereocenters. The highest BCUT2D eigenvalue weighted by molar-refractivity contribution is 5.24. The van der Waals surface area contributed by atoms with Gasteiger partial charge in [0.15, 0.2) is 0 Å².